The van der Waals surface area contributed by atoms with Gasteiger partial charge >= 0.3 is 5.97 Å². The molecule has 35 heavy (non-hydrogen) atoms. The summed E-state index contributed by atoms with van der Waals surface area (Å²) in [6.45, 7) is 2.66. The molecule has 1 heterocycles. The zero-order valence-electron chi connectivity index (χ0n) is 20.1. The van der Waals surface area contributed by atoms with Gasteiger partial charge in [0.05, 0.1) is 12.3 Å². The van der Waals surface area contributed by atoms with E-state index in [0.29, 0.717) is 37.6 Å². The first-order valence-corrected chi connectivity index (χ1v) is 12.3. The summed E-state index contributed by atoms with van der Waals surface area (Å²) < 4.78 is 11.9. The van der Waals surface area contributed by atoms with Crippen LogP contribution >= 0.6 is 0 Å². The lowest BCUT2D eigenvalue weighted by Gasteiger charge is -2.15. The van der Waals surface area contributed by atoms with Crippen LogP contribution < -0.4 is 10.1 Å². The lowest BCUT2D eigenvalue weighted by atomic mass is 10.0. The van der Waals surface area contributed by atoms with Crippen molar-refractivity contribution in [2.45, 2.75) is 58.4 Å². The third kappa shape index (κ3) is 6.72. The Morgan fingerprint density at radius 1 is 1.11 bits per heavy atom. The summed E-state index contributed by atoms with van der Waals surface area (Å²) in [4.78, 5) is 28.2. The Labute approximate surface area is 205 Å². The standard InChI is InChI=1S/C28H32N2O5/c1-19-24(30-28(35-19)22-9-3-2-4-10-22)15-16-34-25-13-11-20(12-14-26(31)32)17-23(25)18-29-27(33)21-7-5-6-8-21/h2-4,9-11,13,17,21H,5-8,12,14-16,18H2,1H3,(H,29,33)(H,31,32). The predicted molar refractivity (Wildman–Crippen MR) is 132 cm³/mol. The highest BCUT2D eigenvalue weighted by molar-refractivity contribution is 5.78. The largest absolute Gasteiger partial charge is 0.493 e. The molecule has 2 N–H and O–H groups in total. The SMILES string of the molecule is Cc1oc(-c2ccccc2)nc1CCOc1ccc(CCC(=O)O)cc1CNC(=O)C1CCCC1. The molecule has 0 aliphatic heterocycles. The summed E-state index contributed by atoms with van der Waals surface area (Å²) in [6, 6.07) is 15.5. The number of carboxylic acid groups (broad SMARTS) is 1. The minimum atomic E-state index is -0.834. The number of nitrogens with zero attached hydrogens (tertiary/aromatic N) is 1. The second kappa shape index (κ2) is 11.7. The molecule has 7 nitrogen and oxygen atoms in total. The Kier molecular flexibility index (Phi) is 8.19. The van der Waals surface area contributed by atoms with Crippen molar-refractivity contribution in [2.75, 3.05) is 6.61 Å². The summed E-state index contributed by atoms with van der Waals surface area (Å²) >= 11 is 0. The van der Waals surface area contributed by atoms with Crippen molar-refractivity contribution in [3.05, 3.63) is 71.1 Å². The molecule has 184 valence electrons. The van der Waals surface area contributed by atoms with Gasteiger partial charge in [0.25, 0.3) is 0 Å². The number of amides is 1. The van der Waals surface area contributed by atoms with Crippen LogP contribution in [0.25, 0.3) is 11.5 Å². The number of oxazole rings is 1. The molecule has 1 saturated carbocycles. The average Bonchev–Trinajstić information content (AvgIpc) is 3.53. The van der Waals surface area contributed by atoms with Crippen LogP contribution in [0.2, 0.25) is 0 Å². The summed E-state index contributed by atoms with van der Waals surface area (Å²) in [5.74, 6) is 1.37. The number of benzene rings is 2. The first-order chi connectivity index (χ1) is 17.0. The van der Waals surface area contributed by atoms with E-state index >= 15 is 0 Å². The highest BCUT2D eigenvalue weighted by Gasteiger charge is 2.22. The van der Waals surface area contributed by atoms with Gasteiger partial charge in [-0.05, 0) is 49.9 Å². The van der Waals surface area contributed by atoms with E-state index in [1.807, 2.05) is 55.5 Å². The second-order valence-electron chi connectivity index (χ2n) is 9.02. The lowest BCUT2D eigenvalue weighted by Crippen LogP contribution is -2.29. The van der Waals surface area contributed by atoms with E-state index < -0.39 is 5.97 Å². The average molecular weight is 477 g/mol. The van der Waals surface area contributed by atoms with Crippen LogP contribution in [-0.2, 0) is 29.0 Å². The van der Waals surface area contributed by atoms with Crippen molar-refractivity contribution in [3.8, 4) is 17.2 Å². The van der Waals surface area contributed by atoms with E-state index in [-0.39, 0.29) is 18.2 Å². The molecule has 3 aromatic rings. The van der Waals surface area contributed by atoms with Gasteiger partial charge in [0.2, 0.25) is 11.8 Å². The second-order valence-corrected chi connectivity index (χ2v) is 9.02. The molecule has 1 aliphatic rings. The summed E-state index contributed by atoms with van der Waals surface area (Å²) in [5.41, 5.74) is 3.53. The number of aliphatic carboxylic acids is 1. The number of hydrogen-bond donors (Lipinski definition) is 2. The fourth-order valence-electron chi connectivity index (χ4n) is 4.46. The molecule has 0 saturated heterocycles. The minimum absolute atomic E-state index is 0.0588. The quantitative estimate of drug-likeness (QED) is 0.399. The van der Waals surface area contributed by atoms with Gasteiger partial charge in [0, 0.05) is 36.4 Å². The van der Waals surface area contributed by atoms with Crippen LogP contribution in [0.3, 0.4) is 0 Å². The molecule has 0 bridgehead atoms. The summed E-state index contributed by atoms with van der Waals surface area (Å²) in [5, 5.41) is 12.1. The molecule has 7 heteroatoms. The molecule has 1 fully saturated rings. The molecule has 0 unspecified atom stereocenters. The number of aryl methyl sites for hydroxylation is 2. The number of carbonyl (C=O) groups is 2. The Bertz CT molecular complexity index is 1150. The van der Waals surface area contributed by atoms with Crippen molar-refractivity contribution in [2.24, 2.45) is 5.92 Å². The molecule has 2 aromatic carbocycles. The monoisotopic (exact) mass is 476 g/mol. The molecule has 1 aromatic heterocycles. The normalized spacial score (nSPS) is 13.6. The van der Waals surface area contributed by atoms with Crippen molar-refractivity contribution < 1.29 is 23.8 Å². The van der Waals surface area contributed by atoms with Gasteiger partial charge in [0.15, 0.2) is 0 Å². The number of aromatic nitrogens is 1. The van der Waals surface area contributed by atoms with Crippen LogP contribution in [0.15, 0.2) is 52.9 Å². The van der Waals surface area contributed by atoms with Crippen molar-refractivity contribution in [3.63, 3.8) is 0 Å². The van der Waals surface area contributed by atoms with Crippen LogP contribution in [0, 0.1) is 12.8 Å². The number of hydrogen-bond acceptors (Lipinski definition) is 5. The molecule has 1 amide bonds. The third-order valence-corrected chi connectivity index (χ3v) is 6.44. The first kappa shape index (κ1) is 24.5. The number of carbonyl (C=O) groups excluding carboxylic acids is 1. The van der Waals surface area contributed by atoms with Crippen molar-refractivity contribution in [1.82, 2.24) is 10.3 Å². The van der Waals surface area contributed by atoms with Gasteiger partial charge in [-0.1, -0.05) is 43.2 Å². The molecule has 4 rings (SSSR count). The van der Waals surface area contributed by atoms with Crippen LogP contribution in [0.5, 0.6) is 5.75 Å². The van der Waals surface area contributed by atoms with Gasteiger partial charge < -0.3 is 19.6 Å². The Balaban J connectivity index is 1.41. The van der Waals surface area contributed by atoms with Gasteiger partial charge in [0.1, 0.15) is 11.5 Å². The highest BCUT2D eigenvalue weighted by Crippen LogP contribution is 2.26. The maximum absolute atomic E-state index is 12.5. The molecular weight excluding hydrogens is 444 g/mol. The zero-order chi connectivity index (χ0) is 24.6. The maximum atomic E-state index is 12.5. The van der Waals surface area contributed by atoms with E-state index in [9.17, 15) is 9.59 Å². The molecule has 1 aliphatic carbocycles. The first-order valence-electron chi connectivity index (χ1n) is 12.3. The third-order valence-electron chi connectivity index (χ3n) is 6.44. The summed E-state index contributed by atoms with van der Waals surface area (Å²) in [7, 11) is 0. The highest BCUT2D eigenvalue weighted by atomic mass is 16.5. The molecular formula is C28H32N2O5. The number of ether oxygens (including phenoxy) is 1. The van der Waals surface area contributed by atoms with Crippen molar-refractivity contribution in [1.29, 1.82) is 0 Å². The minimum Gasteiger partial charge on any atom is -0.493 e. The van der Waals surface area contributed by atoms with Crippen LogP contribution in [0.1, 0.15) is 54.7 Å². The Morgan fingerprint density at radius 2 is 1.89 bits per heavy atom. The smallest absolute Gasteiger partial charge is 0.303 e. The van der Waals surface area contributed by atoms with E-state index in [1.54, 1.807) is 0 Å². The van der Waals surface area contributed by atoms with Crippen LogP contribution in [-0.4, -0.2) is 28.6 Å². The maximum Gasteiger partial charge on any atom is 0.303 e. The number of carboxylic acids is 1. The fraction of sp³-hybridized carbons (Fsp3) is 0.393. The van der Waals surface area contributed by atoms with E-state index in [4.69, 9.17) is 14.3 Å². The van der Waals surface area contributed by atoms with Crippen LogP contribution in [0.4, 0.5) is 0 Å². The van der Waals surface area contributed by atoms with Gasteiger partial charge in [-0.25, -0.2) is 4.98 Å². The predicted octanol–water partition coefficient (Wildman–Crippen LogP) is 5.10. The van der Waals surface area contributed by atoms with Gasteiger partial charge in [-0.2, -0.15) is 0 Å². The Morgan fingerprint density at radius 3 is 2.63 bits per heavy atom. The molecule has 0 atom stereocenters. The lowest BCUT2D eigenvalue weighted by molar-refractivity contribution is -0.137. The fourth-order valence-corrected chi connectivity index (χ4v) is 4.46. The molecule has 0 spiro atoms. The van der Waals surface area contributed by atoms with E-state index in [2.05, 4.69) is 10.3 Å². The molecule has 0 radical (unpaired) electrons. The zero-order valence-corrected chi connectivity index (χ0v) is 20.1. The van der Waals surface area contributed by atoms with E-state index in [0.717, 1.165) is 53.8 Å². The van der Waals surface area contributed by atoms with Gasteiger partial charge in [-0.15, -0.1) is 0 Å². The topological polar surface area (TPSA) is 102 Å². The number of rotatable bonds is 11. The van der Waals surface area contributed by atoms with Crippen molar-refractivity contribution >= 4 is 11.9 Å². The Hall–Kier alpha value is -3.61. The summed E-state index contributed by atoms with van der Waals surface area (Å²) in [6.07, 6.45) is 5.15. The van der Waals surface area contributed by atoms with Gasteiger partial charge in [-0.3, -0.25) is 9.59 Å². The van der Waals surface area contributed by atoms with E-state index in [1.165, 1.54) is 0 Å². The number of nitrogens with one attached hydrogen (secondary N) is 1.